The fourth-order valence-electron chi connectivity index (χ4n) is 3.59. The van der Waals surface area contributed by atoms with Crippen LogP contribution in [0.1, 0.15) is 10.4 Å². The zero-order valence-electron chi connectivity index (χ0n) is 17.1. The molecule has 2 heterocycles. The van der Waals surface area contributed by atoms with Crippen LogP contribution in [0, 0.1) is 0 Å². The third-order valence-electron chi connectivity index (χ3n) is 5.19. The molecule has 0 atom stereocenters. The summed E-state index contributed by atoms with van der Waals surface area (Å²) < 4.78 is 0. The lowest BCUT2D eigenvalue weighted by Gasteiger charge is -2.31. The number of hydrogen-bond donors (Lipinski definition) is 3. The van der Waals surface area contributed by atoms with Crippen LogP contribution in [-0.4, -0.2) is 54.5 Å². The molecule has 0 unspecified atom stereocenters. The van der Waals surface area contributed by atoms with E-state index in [9.17, 15) is 9.59 Å². The number of quaternary nitrogens is 1. The van der Waals surface area contributed by atoms with Gasteiger partial charge in [0.05, 0.1) is 37.4 Å². The molecule has 158 valence electrons. The Kier molecular flexibility index (Phi) is 6.49. The van der Waals surface area contributed by atoms with Gasteiger partial charge in [-0.3, -0.25) is 9.59 Å². The SMILES string of the molecule is O=C(C[NH+]1CCN(c2ncccn2)CC1)Nc1ccccc1C(=O)Nc1ccccc1. The second-order valence-corrected chi connectivity index (χ2v) is 7.38. The van der Waals surface area contributed by atoms with E-state index in [1.165, 1.54) is 4.90 Å². The number of benzene rings is 2. The van der Waals surface area contributed by atoms with E-state index in [4.69, 9.17) is 0 Å². The minimum Gasteiger partial charge on any atom is -0.330 e. The molecule has 31 heavy (non-hydrogen) atoms. The zero-order valence-corrected chi connectivity index (χ0v) is 17.1. The number of amides is 2. The van der Waals surface area contributed by atoms with E-state index in [0.717, 1.165) is 32.1 Å². The van der Waals surface area contributed by atoms with Gasteiger partial charge in [-0.2, -0.15) is 0 Å². The van der Waals surface area contributed by atoms with Gasteiger partial charge in [0, 0.05) is 18.1 Å². The van der Waals surface area contributed by atoms with Crippen molar-refractivity contribution < 1.29 is 14.5 Å². The second-order valence-electron chi connectivity index (χ2n) is 7.38. The number of nitrogens with one attached hydrogen (secondary N) is 3. The second kappa shape index (κ2) is 9.82. The molecule has 8 heteroatoms. The van der Waals surface area contributed by atoms with Crippen LogP contribution >= 0.6 is 0 Å². The van der Waals surface area contributed by atoms with Gasteiger partial charge in [-0.25, -0.2) is 9.97 Å². The molecule has 0 spiro atoms. The van der Waals surface area contributed by atoms with Crippen molar-refractivity contribution in [2.24, 2.45) is 0 Å². The maximum Gasteiger partial charge on any atom is 0.279 e. The Morgan fingerprint density at radius 3 is 2.29 bits per heavy atom. The Bertz CT molecular complexity index is 1020. The first kappa shape index (κ1) is 20.5. The van der Waals surface area contributed by atoms with Crippen molar-refractivity contribution in [1.82, 2.24) is 9.97 Å². The molecular weight excluding hydrogens is 392 g/mol. The molecule has 1 aromatic heterocycles. The predicted molar refractivity (Wildman–Crippen MR) is 119 cm³/mol. The first-order valence-electron chi connectivity index (χ1n) is 10.3. The average Bonchev–Trinajstić information content (AvgIpc) is 2.81. The highest BCUT2D eigenvalue weighted by molar-refractivity contribution is 6.10. The molecule has 3 N–H and O–H groups in total. The van der Waals surface area contributed by atoms with Gasteiger partial charge in [0.1, 0.15) is 0 Å². The van der Waals surface area contributed by atoms with Gasteiger partial charge in [-0.15, -0.1) is 0 Å². The van der Waals surface area contributed by atoms with Crippen molar-refractivity contribution in [2.45, 2.75) is 0 Å². The number of para-hydroxylation sites is 2. The summed E-state index contributed by atoms with van der Waals surface area (Å²) in [6, 6.07) is 18.1. The van der Waals surface area contributed by atoms with Crippen LogP contribution in [0.4, 0.5) is 17.3 Å². The highest BCUT2D eigenvalue weighted by Crippen LogP contribution is 2.17. The molecule has 2 amide bonds. The monoisotopic (exact) mass is 417 g/mol. The molecule has 0 bridgehead atoms. The fraction of sp³-hybridized carbons (Fsp3) is 0.217. The highest BCUT2D eigenvalue weighted by atomic mass is 16.2. The topological polar surface area (TPSA) is 91.7 Å². The Hall–Kier alpha value is -3.78. The van der Waals surface area contributed by atoms with E-state index in [1.54, 1.807) is 42.7 Å². The first-order valence-corrected chi connectivity index (χ1v) is 10.3. The van der Waals surface area contributed by atoms with Crippen LogP contribution < -0.4 is 20.4 Å². The number of piperazine rings is 1. The van der Waals surface area contributed by atoms with Crippen molar-refractivity contribution in [3.05, 3.63) is 78.6 Å². The number of nitrogens with zero attached hydrogens (tertiary/aromatic N) is 3. The van der Waals surface area contributed by atoms with Crippen molar-refractivity contribution in [3.63, 3.8) is 0 Å². The summed E-state index contributed by atoms with van der Waals surface area (Å²) in [6.07, 6.45) is 3.47. The summed E-state index contributed by atoms with van der Waals surface area (Å²) in [5.41, 5.74) is 1.65. The van der Waals surface area contributed by atoms with E-state index in [-0.39, 0.29) is 11.8 Å². The normalized spacial score (nSPS) is 14.1. The number of carbonyl (C=O) groups is 2. The summed E-state index contributed by atoms with van der Waals surface area (Å²) in [4.78, 5) is 37.3. The molecule has 3 aromatic rings. The van der Waals surface area contributed by atoms with Crippen LogP contribution in [0.2, 0.25) is 0 Å². The number of hydrogen-bond acceptors (Lipinski definition) is 5. The molecular formula is C23H25N6O2+. The predicted octanol–water partition coefficient (Wildman–Crippen LogP) is 1.07. The van der Waals surface area contributed by atoms with E-state index in [1.807, 2.05) is 30.3 Å². The fourth-order valence-corrected chi connectivity index (χ4v) is 3.59. The minimum atomic E-state index is -0.258. The van der Waals surface area contributed by atoms with Gasteiger partial charge < -0.3 is 20.4 Å². The maximum absolute atomic E-state index is 12.7. The van der Waals surface area contributed by atoms with Crippen LogP contribution in [-0.2, 0) is 4.79 Å². The molecule has 0 aliphatic carbocycles. The van der Waals surface area contributed by atoms with Crippen molar-refractivity contribution in [2.75, 3.05) is 48.3 Å². The van der Waals surface area contributed by atoms with Gasteiger partial charge >= 0.3 is 0 Å². The van der Waals surface area contributed by atoms with Crippen LogP contribution in [0.25, 0.3) is 0 Å². The van der Waals surface area contributed by atoms with Gasteiger partial charge in [0.15, 0.2) is 6.54 Å². The molecule has 1 fully saturated rings. The molecule has 2 aromatic carbocycles. The Balaban J connectivity index is 1.33. The highest BCUT2D eigenvalue weighted by Gasteiger charge is 2.24. The molecule has 4 rings (SSSR count). The number of rotatable bonds is 6. The summed E-state index contributed by atoms with van der Waals surface area (Å²) in [5, 5.41) is 5.77. The van der Waals surface area contributed by atoms with Crippen LogP contribution in [0.3, 0.4) is 0 Å². The number of aromatic nitrogens is 2. The largest absolute Gasteiger partial charge is 0.330 e. The van der Waals surface area contributed by atoms with Gasteiger partial charge in [-0.1, -0.05) is 30.3 Å². The summed E-state index contributed by atoms with van der Waals surface area (Å²) in [7, 11) is 0. The Labute approximate surface area is 180 Å². The maximum atomic E-state index is 12.7. The third-order valence-corrected chi connectivity index (χ3v) is 5.19. The molecule has 1 aliphatic heterocycles. The summed E-state index contributed by atoms with van der Waals surface area (Å²) in [5.74, 6) is 0.356. The number of carbonyl (C=O) groups excluding carboxylic acids is 2. The lowest BCUT2D eigenvalue weighted by Crippen LogP contribution is -3.15. The van der Waals surface area contributed by atoms with Gasteiger partial charge in [0.2, 0.25) is 5.95 Å². The Morgan fingerprint density at radius 1 is 0.871 bits per heavy atom. The quantitative estimate of drug-likeness (QED) is 0.558. The van der Waals surface area contributed by atoms with Crippen molar-refractivity contribution in [3.8, 4) is 0 Å². The summed E-state index contributed by atoms with van der Waals surface area (Å²) in [6.45, 7) is 3.58. The molecule has 8 nitrogen and oxygen atoms in total. The van der Waals surface area contributed by atoms with Crippen LogP contribution in [0.15, 0.2) is 73.1 Å². The number of anilines is 3. The van der Waals surface area contributed by atoms with E-state index in [2.05, 4.69) is 25.5 Å². The van der Waals surface area contributed by atoms with Crippen molar-refractivity contribution in [1.29, 1.82) is 0 Å². The van der Waals surface area contributed by atoms with Gasteiger partial charge in [0.25, 0.3) is 11.8 Å². The molecule has 0 radical (unpaired) electrons. The summed E-state index contributed by atoms with van der Waals surface area (Å²) >= 11 is 0. The van der Waals surface area contributed by atoms with E-state index in [0.29, 0.717) is 23.5 Å². The van der Waals surface area contributed by atoms with E-state index >= 15 is 0 Å². The zero-order chi connectivity index (χ0) is 21.5. The molecule has 1 aliphatic rings. The first-order chi connectivity index (χ1) is 15.2. The molecule has 0 saturated carbocycles. The standard InChI is InChI=1S/C23H24N6O2/c30-21(17-28-13-15-29(16-14-28)23-24-11-6-12-25-23)27-20-10-5-4-9-19(20)22(31)26-18-7-2-1-3-8-18/h1-12H,13-17H2,(H,26,31)(H,27,30)/p+1. The lowest BCUT2D eigenvalue weighted by molar-refractivity contribution is -0.892. The van der Waals surface area contributed by atoms with Crippen molar-refractivity contribution >= 4 is 29.1 Å². The minimum absolute atomic E-state index is 0.112. The van der Waals surface area contributed by atoms with Crippen LogP contribution in [0.5, 0.6) is 0 Å². The molecule has 1 saturated heterocycles. The average molecular weight is 417 g/mol. The third kappa shape index (κ3) is 5.43. The van der Waals surface area contributed by atoms with E-state index < -0.39 is 0 Å². The Morgan fingerprint density at radius 2 is 1.55 bits per heavy atom. The smallest absolute Gasteiger partial charge is 0.279 e. The van der Waals surface area contributed by atoms with Gasteiger partial charge in [-0.05, 0) is 30.3 Å². The lowest BCUT2D eigenvalue weighted by atomic mass is 10.1.